The van der Waals surface area contributed by atoms with Gasteiger partial charge in [-0.15, -0.1) is 0 Å². The monoisotopic (exact) mass is 286 g/mol. The second-order valence-corrected chi connectivity index (χ2v) is 5.09. The summed E-state index contributed by atoms with van der Waals surface area (Å²) in [6.45, 7) is 6.20. The Bertz CT molecular complexity index is 646. The molecule has 1 aromatic heterocycles. The maximum absolute atomic E-state index is 12.2. The summed E-state index contributed by atoms with van der Waals surface area (Å²) in [4.78, 5) is 12.2. The maximum atomic E-state index is 12.2. The first kappa shape index (κ1) is 15.1. The minimum absolute atomic E-state index is 0.0968. The van der Waals surface area contributed by atoms with Crippen molar-refractivity contribution in [3.05, 3.63) is 41.2 Å². The Morgan fingerprint density at radius 2 is 2.10 bits per heavy atom. The van der Waals surface area contributed by atoms with Gasteiger partial charge in [0.1, 0.15) is 6.54 Å². The molecule has 2 aromatic rings. The number of aryl methyl sites for hydroxylation is 2. The Morgan fingerprint density at radius 1 is 1.33 bits per heavy atom. The number of aromatic nitrogens is 2. The first-order chi connectivity index (χ1) is 10.0. The molecule has 5 heteroatoms. The molecule has 0 fully saturated rings. The Balaban J connectivity index is 2.13. The Labute approximate surface area is 125 Å². The highest BCUT2D eigenvalue weighted by molar-refractivity contribution is 5.90. The molecule has 1 amide bonds. The van der Waals surface area contributed by atoms with Crippen LogP contribution in [0, 0.1) is 6.92 Å². The van der Waals surface area contributed by atoms with E-state index in [1.807, 2.05) is 45.0 Å². The predicted molar refractivity (Wildman–Crippen MR) is 85.2 cm³/mol. The lowest BCUT2D eigenvalue weighted by atomic mass is 10.2. The summed E-state index contributed by atoms with van der Waals surface area (Å²) in [7, 11) is 0. The summed E-state index contributed by atoms with van der Waals surface area (Å²) >= 11 is 0. The van der Waals surface area contributed by atoms with Crippen LogP contribution in [0.1, 0.15) is 30.8 Å². The fourth-order valence-corrected chi connectivity index (χ4v) is 2.39. The van der Waals surface area contributed by atoms with E-state index < -0.39 is 0 Å². The molecule has 0 radical (unpaired) electrons. The summed E-state index contributed by atoms with van der Waals surface area (Å²) in [6.07, 6.45) is 1.53. The van der Waals surface area contributed by atoms with Crippen molar-refractivity contribution < 1.29 is 4.79 Å². The average molecular weight is 286 g/mol. The van der Waals surface area contributed by atoms with Gasteiger partial charge in [0, 0.05) is 5.69 Å². The van der Waals surface area contributed by atoms with Crippen LogP contribution in [0.4, 0.5) is 11.4 Å². The smallest absolute Gasteiger partial charge is 0.246 e. The lowest BCUT2D eigenvalue weighted by Crippen LogP contribution is -2.21. The highest BCUT2D eigenvalue weighted by Gasteiger charge is 2.14. The lowest BCUT2D eigenvalue weighted by molar-refractivity contribution is -0.116. The number of nitrogens with zero attached hydrogens (tertiary/aromatic N) is 2. The predicted octanol–water partition coefficient (Wildman–Crippen LogP) is 2.54. The maximum Gasteiger partial charge on any atom is 0.246 e. The van der Waals surface area contributed by atoms with Crippen molar-refractivity contribution in [3.8, 4) is 0 Å². The summed E-state index contributed by atoms with van der Waals surface area (Å²) in [5.74, 6) is -0.0968. The van der Waals surface area contributed by atoms with E-state index >= 15 is 0 Å². The van der Waals surface area contributed by atoms with Gasteiger partial charge in [-0.3, -0.25) is 9.48 Å². The molecule has 1 heterocycles. The molecule has 0 spiro atoms. The van der Waals surface area contributed by atoms with Crippen LogP contribution in [0.15, 0.2) is 24.3 Å². The third kappa shape index (κ3) is 3.42. The number of anilines is 2. The van der Waals surface area contributed by atoms with Gasteiger partial charge >= 0.3 is 0 Å². The van der Waals surface area contributed by atoms with Crippen LogP contribution < -0.4 is 11.1 Å². The zero-order valence-electron chi connectivity index (χ0n) is 12.8. The second-order valence-electron chi connectivity index (χ2n) is 5.09. The van der Waals surface area contributed by atoms with Crippen LogP contribution in [0.5, 0.6) is 0 Å². The minimum atomic E-state index is -0.0968. The molecule has 21 heavy (non-hydrogen) atoms. The minimum Gasteiger partial charge on any atom is -0.396 e. The van der Waals surface area contributed by atoms with E-state index in [4.69, 9.17) is 5.73 Å². The largest absolute Gasteiger partial charge is 0.396 e. The van der Waals surface area contributed by atoms with Crippen LogP contribution in [0.3, 0.4) is 0 Å². The van der Waals surface area contributed by atoms with Crippen molar-refractivity contribution in [2.45, 2.75) is 40.2 Å². The van der Waals surface area contributed by atoms with E-state index in [1.54, 1.807) is 4.68 Å². The van der Waals surface area contributed by atoms with E-state index in [0.29, 0.717) is 5.69 Å². The van der Waals surface area contributed by atoms with Crippen molar-refractivity contribution in [2.24, 2.45) is 0 Å². The van der Waals surface area contributed by atoms with Crippen molar-refractivity contribution in [2.75, 3.05) is 11.1 Å². The van der Waals surface area contributed by atoms with Gasteiger partial charge in [-0.1, -0.05) is 26.0 Å². The van der Waals surface area contributed by atoms with Gasteiger partial charge < -0.3 is 11.1 Å². The zero-order valence-corrected chi connectivity index (χ0v) is 12.8. The molecule has 3 N–H and O–H groups in total. The normalized spacial score (nSPS) is 10.6. The molecule has 0 unspecified atom stereocenters. The first-order valence-corrected chi connectivity index (χ1v) is 7.25. The highest BCUT2D eigenvalue weighted by atomic mass is 16.2. The third-order valence-corrected chi connectivity index (χ3v) is 3.44. The molecular formula is C16H22N4O. The van der Waals surface area contributed by atoms with Gasteiger partial charge in [-0.25, -0.2) is 0 Å². The molecule has 0 aliphatic rings. The standard InChI is InChI=1S/C16H22N4O/c1-4-13-16(17)14(5-2)20(19-13)10-15(21)18-12-8-6-7-11(3)9-12/h6-9H,4-5,10,17H2,1-3H3,(H,18,21). The van der Waals surface area contributed by atoms with E-state index in [2.05, 4.69) is 10.4 Å². The van der Waals surface area contributed by atoms with Gasteiger partial charge in [-0.05, 0) is 37.5 Å². The van der Waals surface area contributed by atoms with Crippen LogP contribution in [-0.2, 0) is 24.2 Å². The quantitative estimate of drug-likeness (QED) is 0.887. The number of nitrogen functional groups attached to an aromatic ring is 1. The van der Waals surface area contributed by atoms with E-state index in [-0.39, 0.29) is 12.5 Å². The third-order valence-electron chi connectivity index (χ3n) is 3.44. The summed E-state index contributed by atoms with van der Waals surface area (Å²) in [5, 5.41) is 7.32. The summed E-state index contributed by atoms with van der Waals surface area (Å²) in [6, 6.07) is 7.73. The number of carbonyl (C=O) groups is 1. The summed E-state index contributed by atoms with van der Waals surface area (Å²) < 4.78 is 1.71. The number of carbonyl (C=O) groups excluding carboxylic acids is 1. The number of nitrogens with one attached hydrogen (secondary N) is 1. The SMILES string of the molecule is CCc1nn(CC(=O)Nc2cccc(C)c2)c(CC)c1N. The van der Waals surface area contributed by atoms with Gasteiger partial charge in [0.05, 0.1) is 17.1 Å². The van der Waals surface area contributed by atoms with Crippen LogP contribution in [-0.4, -0.2) is 15.7 Å². The molecule has 2 rings (SSSR count). The second kappa shape index (κ2) is 6.43. The first-order valence-electron chi connectivity index (χ1n) is 7.25. The van der Waals surface area contributed by atoms with Crippen molar-refractivity contribution in [3.63, 3.8) is 0 Å². The number of benzene rings is 1. The molecule has 1 aromatic carbocycles. The number of nitrogens with two attached hydrogens (primary N) is 1. The molecule has 5 nitrogen and oxygen atoms in total. The Kier molecular flexibility index (Phi) is 4.62. The molecule has 0 bridgehead atoms. The van der Waals surface area contributed by atoms with Gasteiger partial charge in [0.25, 0.3) is 0 Å². The molecule has 0 saturated heterocycles. The van der Waals surface area contributed by atoms with Gasteiger partial charge in [0.2, 0.25) is 5.91 Å². The van der Waals surface area contributed by atoms with Gasteiger partial charge in [0.15, 0.2) is 0 Å². The summed E-state index contributed by atoms with van der Waals surface area (Å²) in [5.41, 5.74) is 10.5. The van der Waals surface area contributed by atoms with Crippen LogP contribution in [0.2, 0.25) is 0 Å². The van der Waals surface area contributed by atoms with Crippen LogP contribution in [0.25, 0.3) is 0 Å². The number of hydrogen-bond acceptors (Lipinski definition) is 3. The highest BCUT2D eigenvalue weighted by Crippen LogP contribution is 2.18. The number of rotatable bonds is 5. The fourth-order valence-electron chi connectivity index (χ4n) is 2.39. The topological polar surface area (TPSA) is 72.9 Å². The van der Waals surface area contributed by atoms with E-state index in [9.17, 15) is 4.79 Å². The Morgan fingerprint density at radius 3 is 2.71 bits per heavy atom. The average Bonchev–Trinajstić information content (AvgIpc) is 2.74. The molecule has 0 aliphatic carbocycles. The number of amides is 1. The van der Waals surface area contributed by atoms with E-state index in [0.717, 1.165) is 35.5 Å². The molecular weight excluding hydrogens is 264 g/mol. The van der Waals surface area contributed by atoms with Crippen molar-refractivity contribution in [1.82, 2.24) is 9.78 Å². The van der Waals surface area contributed by atoms with Crippen LogP contribution >= 0.6 is 0 Å². The van der Waals surface area contributed by atoms with Crippen molar-refractivity contribution >= 4 is 17.3 Å². The Hall–Kier alpha value is -2.30. The van der Waals surface area contributed by atoms with Crippen molar-refractivity contribution in [1.29, 1.82) is 0 Å². The van der Waals surface area contributed by atoms with Gasteiger partial charge in [-0.2, -0.15) is 5.10 Å². The lowest BCUT2D eigenvalue weighted by Gasteiger charge is -2.08. The zero-order chi connectivity index (χ0) is 15.4. The molecule has 0 atom stereocenters. The molecule has 0 aliphatic heterocycles. The van der Waals surface area contributed by atoms with E-state index in [1.165, 1.54) is 0 Å². The molecule has 112 valence electrons. The number of hydrogen-bond donors (Lipinski definition) is 2. The molecule has 0 saturated carbocycles. The fraction of sp³-hybridized carbons (Fsp3) is 0.375.